The van der Waals surface area contributed by atoms with Gasteiger partial charge in [-0.2, -0.15) is 0 Å². The average Bonchev–Trinajstić information content (AvgIpc) is 2.34. The molecule has 9 N–H and O–H groups in total. The van der Waals surface area contributed by atoms with E-state index in [1.165, 1.54) is 42.5 Å². The molecule has 0 aliphatic carbocycles. The number of imidazole rings is 3. The number of nitrogens with two attached hydrogens (primary N) is 3. The molecule has 0 spiro atoms. The van der Waals surface area contributed by atoms with Gasteiger partial charge in [0.15, 0.2) is 11.6 Å². The van der Waals surface area contributed by atoms with E-state index in [0.29, 0.717) is 123 Å². The van der Waals surface area contributed by atoms with Crippen molar-refractivity contribution >= 4 is 63.2 Å². The standard InChI is InChI=1S/3C21H17F2N3O2S/c22-16-6-3-4-13(21(16)23)9-11-20-25-17-10-8-14(12-18(17)26-20)15-5-1-2-7-19(15)29(24,27)28;22-15-7-8-17(23)14(11-15)6-10-21-25-18-9-5-13(12-19(18)26-21)16-3-1-2-4-20(16)29(24,27)28;22-15-9-13(10-16(23)12-15)5-8-21-25-18-7-6-14(11-19(18)26-21)17-3-1-2-4-20(17)29(24,27)28/h1-8,10,12H,9,11H2,(H,25,26)(H2,24,27,28);1-5,7-9,11-12H,6,10H2,(H,25,26)(H2,24,27,28);1-4,6-7,9-12H,5,8H2,(H,25,26)(H2,24,27,28). The van der Waals surface area contributed by atoms with E-state index >= 15 is 0 Å². The minimum atomic E-state index is -3.87. The predicted molar refractivity (Wildman–Crippen MR) is 320 cm³/mol. The first kappa shape index (κ1) is 60.8. The molecule has 0 saturated heterocycles. The van der Waals surface area contributed by atoms with Gasteiger partial charge in [0.05, 0.1) is 47.8 Å². The highest BCUT2D eigenvalue weighted by atomic mass is 32.2. The van der Waals surface area contributed by atoms with E-state index in [1.807, 2.05) is 0 Å². The van der Waals surface area contributed by atoms with Crippen LogP contribution in [0.1, 0.15) is 34.2 Å². The summed E-state index contributed by atoms with van der Waals surface area (Å²) >= 11 is 0. The van der Waals surface area contributed by atoms with Crippen LogP contribution in [0.2, 0.25) is 0 Å². The maximum absolute atomic E-state index is 13.8. The van der Waals surface area contributed by atoms with Crippen LogP contribution >= 0.6 is 0 Å². The third-order valence-electron chi connectivity index (χ3n) is 14.0. The molecular formula is C63H51F6N9O6S3. The molecule has 24 heteroatoms. The van der Waals surface area contributed by atoms with Gasteiger partial charge in [0, 0.05) is 42.0 Å². The second-order valence-corrected chi connectivity index (χ2v) is 24.7. The van der Waals surface area contributed by atoms with Gasteiger partial charge in [-0.1, -0.05) is 84.9 Å². The first-order valence-electron chi connectivity index (χ1n) is 26.6. The summed E-state index contributed by atoms with van der Waals surface area (Å²) in [7, 11) is -11.6. The largest absolute Gasteiger partial charge is 0.342 e. The summed E-state index contributed by atoms with van der Waals surface area (Å²) in [5.74, 6) is -1.95. The van der Waals surface area contributed by atoms with Crippen LogP contribution in [0.15, 0.2) is 197 Å². The van der Waals surface area contributed by atoms with E-state index < -0.39 is 65.0 Å². The Morgan fingerprint density at radius 3 is 1.15 bits per heavy atom. The van der Waals surface area contributed by atoms with Crippen molar-refractivity contribution in [2.75, 3.05) is 0 Å². The SMILES string of the molecule is NS(=O)(=O)c1ccccc1-c1ccc2nc(CCc3cc(F)cc(F)c3)[nH]c2c1.NS(=O)(=O)c1ccccc1-c1ccc2nc(CCc3cc(F)ccc3F)[nH]c2c1.NS(=O)(=O)c1ccccc1-c1ccc2nc(CCc3cccc(F)c3F)[nH]c2c1. The van der Waals surface area contributed by atoms with Gasteiger partial charge in [-0.25, -0.2) is 82.0 Å². The first-order chi connectivity index (χ1) is 41.4. The Bertz CT molecular complexity index is 4750. The van der Waals surface area contributed by atoms with Crippen molar-refractivity contribution in [1.82, 2.24) is 29.9 Å². The van der Waals surface area contributed by atoms with Crippen LogP contribution in [-0.2, 0) is 68.6 Å². The van der Waals surface area contributed by atoms with Crippen molar-refractivity contribution in [3.63, 3.8) is 0 Å². The molecule has 9 aromatic carbocycles. The van der Waals surface area contributed by atoms with Gasteiger partial charge in [-0.15, -0.1) is 0 Å². The lowest BCUT2D eigenvalue weighted by molar-refractivity contribution is 0.498. The maximum Gasteiger partial charge on any atom is 0.238 e. The van der Waals surface area contributed by atoms with Crippen LogP contribution < -0.4 is 15.4 Å². The van der Waals surface area contributed by atoms with E-state index in [9.17, 15) is 51.6 Å². The fourth-order valence-corrected chi connectivity index (χ4v) is 12.2. The van der Waals surface area contributed by atoms with Crippen LogP contribution in [-0.4, -0.2) is 55.2 Å². The van der Waals surface area contributed by atoms with Crippen molar-refractivity contribution in [2.24, 2.45) is 15.4 Å². The van der Waals surface area contributed by atoms with E-state index in [1.54, 1.807) is 115 Å². The van der Waals surface area contributed by atoms with Crippen LogP contribution in [0.5, 0.6) is 0 Å². The van der Waals surface area contributed by atoms with Gasteiger partial charge >= 0.3 is 0 Å². The maximum atomic E-state index is 13.8. The van der Waals surface area contributed by atoms with Crippen molar-refractivity contribution in [3.8, 4) is 33.4 Å². The molecule has 444 valence electrons. The smallest absolute Gasteiger partial charge is 0.238 e. The molecule has 0 aliphatic rings. The summed E-state index contributed by atoms with van der Waals surface area (Å²) in [6.07, 6.45) is 2.29. The van der Waals surface area contributed by atoms with Crippen LogP contribution in [0.4, 0.5) is 26.3 Å². The van der Waals surface area contributed by atoms with Gasteiger partial charge in [0.2, 0.25) is 30.1 Å². The number of fused-ring (bicyclic) bond motifs is 3. The van der Waals surface area contributed by atoms with Gasteiger partial charge in [0.25, 0.3) is 0 Å². The molecule has 0 radical (unpaired) electrons. The molecule has 0 saturated carbocycles. The Balaban J connectivity index is 0.000000144. The summed E-state index contributed by atoms with van der Waals surface area (Å²) in [6, 6.07) is 46.4. The number of halogens is 6. The van der Waals surface area contributed by atoms with Crippen molar-refractivity contribution < 1.29 is 51.6 Å². The fourth-order valence-electron chi connectivity index (χ4n) is 9.91. The zero-order valence-corrected chi connectivity index (χ0v) is 48.0. The number of nitrogens with zero attached hydrogens (tertiary/aromatic N) is 3. The molecule has 3 aromatic heterocycles. The highest BCUT2D eigenvalue weighted by molar-refractivity contribution is 7.89. The average molecular weight is 1240 g/mol. The number of nitrogens with one attached hydrogen (secondary N) is 3. The molecule has 0 unspecified atom stereocenters. The molecule has 12 aromatic rings. The Hall–Kier alpha value is -9.30. The second-order valence-electron chi connectivity index (χ2n) is 20.1. The number of rotatable bonds is 15. The third-order valence-corrected chi connectivity index (χ3v) is 16.9. The van der Waals surface area contributed by atoms with E-state index in [-0.39, 0.29) is 25.8 Å². The predicted octanol–water partition coefficient (Wildman–Crippen LogP) is 11.8. The van der Waals surface area contributed by atoms with Gasteiger partial charge in [0.1, 0.15) is 40.7 Å². The molecule has 87 heavy (non-hydrogen) atoms. The highest BCUT2D eigenvalue weighted by Crippen LogP contribution is 2.32. The Labute approximate surface area is 495 Å². The minimum absolute atomic E-state index is 0.0423. The molecular weight excluding hydrogens is 1190 g/mol. The summed E-state index contributed by atoms with van der Waals surface area (Å²) in [6.45, 7) is 0. The lowest BCUT2D eigenvalue weighted by Gasteiger charge is -2.07. The number of aryl methyl sites for hydroxylation is 6. The topological polar surface area (TPSA) is 267 Å². The van der Waals surface area contributed by atoms with Crippen LogP contribution in [0, 0.1) is 34.9 Å². The zero-order chi connectivity index (χ0) is 61.8. The lowest BCUT2D eigenvalue weighted by Crippen LogP contribution is -2.13. The number of sulfonamides is 3. The lowest BCUT2D eigenvalue weighted by atomic mass is 10.1. The van der Waals surface area contributed by atoms with Gasteiger partial charge < -0.3 is 15.0 Å². The number of benzene rings is 9. The zero-order valence-electron chi connectivity index (χ0n) is 45.6. The number of aromatic nitrogens is 6. The fraction of sp³-hybridized carbons (Fsp3) is 0.0952. The Kier molecular flexibility index (Phi) is 17.7. The van der Waals surface area contributed by atoms with Crippen molar-refractivity contribution in [1.29, 1.82) is 0 Å². The molecule has 0 aliphatic heterocycles. The van der Waals surface area contributed by atoms with Crippen LogP contribution in [0.25, 0.3) is 66.5 Å². The number of hydrogen-bond acceptors (Lipinski definition) is 9. The summed E-state index contributed by atoms with van der Waals surface area (Å²) in [5, 5.41) is 16.0. The summed E-state index contributed by atoms with van der Waals surface area (Å²) in [4.78, 5) is 23.1. The molecule has 0 bridgehead atoms. The molecule has 0 atom stereocenters. The Morgan fingerprint density at radius 1 is 0.345 bits per heavy atom. The number of primary sulfonamides is 3. The van der Waals surface area contributed by atoms with Crippen LogP contribution in [0.3, 0.4) is 0 Å². The molecule has 0 fully saturated rings. The second kappa shape index (κ2) is 25.3. The van der Waals surface area contributed by atoms with E-state index in [4.69, 9.17) is 15.4 Å². The summed E-state index contributed by atoms with van der Waals surface area (Å²) < 4.78 is 152. The molecule has 3 heterocycles. The van der Waals surface area contributed by atoms with Crippen molar-refractivity contribution in [3.05, 3.63) is 251 Å². The third kappa shape index (κ3) is 14.7. The number of hydrogen-bond donors (Lipinski definition) is 6. The van der Waals surface area contributed by atoms with Gasteiger partial charge in [-0.3, -0.25) is 0 Å². The number of H-pyrrole nitrogens is 3. The minimum Gasteiger partial charge on any atom is -0.342 e. The molecule has 12 rings (SSSR count). The Morgan fingerprint density at radius 2 is 0.736 bits per heavy atom. The highest BCUT2D eigenvalue weighted by Gasteiger charge is 2.20. The van der Waals surface area contributed by atoms with E-state index in [2.05, 4.69) is 29.9 Å². The number of aromatic amines is 3. The summed E-state index contributed by atoms with van der Waals surface area (Å²) in [5.41, 5.74) is 8.89. The van der Waals surface area contributed by atoms with Crippen molar-refractivity contribution in [2.45, 2.75) is 53.2 Å². The normalized spacial score (nSPS) is 11.8. The van der Waals surface area contributed by atoms with Gasteiger partial charge in [-0.05, 0) is 144 Å². The van der Waals surface area contributed by atoms with E-state index in [0.717, 1.165) is 29.8 Å². The quantitative estimate of drug-likeness (QED) is 0.0532. The monoisotopic (exact) mass is 1240 g/mol. The molecule has 15 nitrogen and oxygen atoms in total. The first-order valence-corrected chi connectivity index (χ1v) is 31.2. The molecule has 0 amide bonds.